The molecule has 5 aliphatic rings. The maximum absolute atomic E-state index is 14.3. The Kier molecular flexibility index (Phi) is 8.08. The van der Waals surface area contributed by atoms with Crippen LogP contribution < -0.4 is 14.2 Å². The summed E-state index contributed by atoms with van der Waals surface area (Å²) in [4.78, 5) is 76.8. The van der Waals surface area contributed by atoms with Gasteiger partial charge in [0.1, 0.15) is 17.2 Å². The van der Waals surface area contributed by atoms with Crippen molar-refractivity contribution in [3.63, 3.8) is 0 Å². The molecule has 0 radical (unpaired) electrons. The third-order valence-electron chi connectivity index (χ3n) is 10.5. The highest BCUT2D eigenvalue weighted by Gasteiger charge is 2.61. The van der Waals surface area contributed by atoms with E-state index in [4.69, 9.17) is 49.8 Å². The first kappa shape index (κ1) is 36.1. The molecule has 0 fully saturated rings. The number of fused-ring (bicyclic) bond motifs is 7. The highest BCUT2D eigenvalue weighted by Crippen LogP contribution is 2.64. The highest BCUT2D eigenvalue weighted by atomic mass is 35.5. The number of carbonyl (C=O) groups excluding carboxylic acids is 5. The van der Waals surface area contributed by atoms with E-state index in [1.54, 1.807) is 12.1 Å². The Labute approximate surface area is 328 Å². The number of carbonyl (C=O) groups is 5. The van der Waals surface area contributed by atoms with Crippen LogP contribution in [0, 0.1) is 0 Å². The van der Waals surface area contributed by atoms with Gasteiger partial charge < -0.3 is 28.4 Å². The number of halogens is 1. The Hall–Kier alpha value is -6.54. The second-order valence-electron chi connectivity index (χ2n) is 13.9. The molecule has 0 saturated heterocycles. The molecule has 10 rings (SSSR count). The Morgan fingerprint density at radius 3 is 1.82 bits per heavy atom. The largest absolute Gasteiger partial charge is 0.456 e. The van der Waals surface area contributed by atoms with Crippen molar-refractivity contribution in [2.24, 2.45) is 0 Å². The summed E-state index contributed by atoms with van der Waals surface area (Å²) in [5.41, 5.74) is -0.862. The smallest absolute Gasteiger partial charge is 0.341 e. The third-order valence-corrected chi connectivity index (χ3v) is 10.8. The van der Waals surface area contributed by atoms with Crippen LogP contribution in [0.3, 0.4) is 0 Å². The van der Waals surface area contributed by atoms with Gasteiger partial charge in [0.15, 0.2) is 22.6 Å². The minimum atomic E-state index is -1.90. The van der Waals surface area contributed by atoms with Crippen molar-refractivity contribution in [2.75, 3.05) is 6.79 Å². The Morgan fingerprint density at radius 2 is 1.19 bits per heavy atom. The third kappa shape index (κ3) is 5.12. The maximum Gasteiger partial charge on any atom is 0.341 e. The summed E-state index contributed by atoms with van der Waals surface area (Å²) in [7, 11) is 0. The molecule has 0 aromatic heterocycles. The fourth-order valence-corrected chi connectivity index (χ4v) is 8.52. The van der Waals surface area contributed by atoms with Gasteiger partial charge in [-0.3, -0.25) is 14.4 Å². The first-order valence-corrected chi connectivity index (χ1v) is 18.0. The molecule has 0 amide bonds. The average molecular weight is 789 g/mol. The minimum absolute atomic E-state index is 0.0226. The normalized spacial score (nSPS) is 21.5. The quantitative estimate of drug-likeness (QED) is 0.0733. The number of ether oxygens (including phenoxy) is 6. The Balaban J connectivity index is 1.35. The second kappa shape index (κ2) is 12.7. The molecule has 1 aliphatic carbocycles. The van der Waals surface area contributed by atoms with Crippen LogP contribution in [0.25, 0.3) is 0 Å². The molecule has 0 saturated carbocycles. The molecular formula is C43H29ClO13. The molecule has 57 heavy (non-hydrogen) atoms. The predicted molar refractivity (Wildman–Crippen MR) is 196 cm³/mol. The monoisotopic (exact) mass is 788 g/mol. The van der Waals surface area contributed by atoms with Gasteiger partial charge in [0.2, 0.25) is 6.79 Å². The molecule has 286 valence electrons. The van der Waals surface area contributed by atoms with Crippen LogP contribution in [0.1, 0.15) is 92.9 Å². The summed E-state index contributed by atoms with van der Waals surface area (Å²) in [6.07, 6.45) is 0. The van der Waals surface area contributed by atoms with Crippen molar-refractivity contribution in [3.8, 4) is 23.0 Å². The van der Waals surface area contributed by atoms with Crippen LogP contribution in [0.4, 0.5) is 0 Å². The lowest BCUT2D eigenvalue weighted by atomic mass is 9.64. The standard InChI is InChI=1S/C43H29ClO13/c1-21(45)50-20-51-39(48)24-10-9-15-29-38(24)40(49)55-42(29)30-16-31(43-27-13-7-5-11-25(27)41(4,56-57-43)26-12-6-8-14-28(26)43)34(52-22(2)46)18-35(30)54-36-19-37(53-23(3)47)33(44)17-32(36)42/h5-19H,20H2,1-4H3. The van der Waals surface area contributed by atoms with Gasteiger partial charge >= 0.3 is 29.8 Å². The van der Waals surface area contributed by atoms with Crippen LogP contribution in [0.15, 0.2) is 91.0 Å². The topological polar surface area (TPSA) is 159 Å². The van der Waals surface area contributed by atoms with Crippen LogP contribution in [-0.2, 0) is 55.2 Å². The summed E-state index contributed by atoms with van der Waals surface area (Å²) >= 11 is 6.75. The van der Waals surface area contributed by atoms with E-state index < -0.39 is 53.4 Å². The molecule has 5 aromatic rings. The SMILES string of the molecule is CC(=O)OCOC(=O)c1cccc2c1C(=O)OC21c2cc(Cl)c(OC(C)=O)cc2Oc2cc(OC(C)=O)c(C34OOC(C)(c5ccccc53)c3ccccc34)cc21. The number of hydrogen-bond acceptors (Lipinski definition) is 13. The van der Waals surface area contributed by atoms with Gasteiger partial charge in [-0.05, 0) is 36.2 Å². The van der Waals surface area contributed by atoms with Crippen molar-refractivity contribution in [1.29, 1.82) is 0 Å². The van der Waals surface area contributed by atoms with E-state index in [0.29, 0.717) is 11.1 Å². The van der Waals surface area contributed by atoms with Gasteiger partial charge in [-0.15, -0.1) is 0 Å². The zero-order valence-electron chi connectivity index (χ0n) is 30.6. The summed E-state index contributed by atoms with van der Waals surface area (Å²) in [6.45, 7) is 4.83. The van der Waals surface area contributed by atoms with E-state index in [0.717, 1.165) is 18.1 Å². The average Bonchev–Trinajstić information content (AvgIpc) is 3.48. The van der Waals surface area contributed by atoms with Crippen molar-refractivity contribution in [3.05, 3.63) is 152 Å². The summed E-state index contributed by atoms with van der Waals surface area (Å²) in [5, 5.41) is -0.0226. The molecule has 4 heterocycles. The zero-order valence-corrected chi connectivity index (χ0v) is 31.3. The predicted octanol–water partition coefficient (Wildman–Crippen LogP) is 7.27. The van der Waals surface area contributed by atoms with E-state index in [2.05, 4.69) is 0 Å². The molecular weight excluding hydrogens is 760 g/mol. The lowest BCUT2D eigenvalue weighted by Gasteiger charge is -2.52. The van der Waals surface area contributed by atoms with Gasteiger partial charge in [-0.1, -0.05) is 72.3 Å². The van der Waals surface area contributed by atoms with Crippen molar-refractivity contribution < 1.29 is 62.2 Å². The van der Waals surface area contributed by atoms with Crippen molar-refractivity contribution in [1.82, 2.24) is 0 Å². The number of rotatable bonds is 6. The summed E-state index contributed by atoms with van der Waals surface area (Å²) in [6, 6.07) is 25.7. The van der Waals surface area contributed by atoms with Crippen LogP contribution in [0.5, 0.6) is 23.0 Å². The molecule has 1 spiro atoms. The van der Waals surface area contributed by atoms with Gasteiger partial charge in [-0.2, -0.15) is 0 Å². The van der Waals surface area contributed by atoms with Crippen LogP contribution in [0.2, 0.25) is 5.02 Å². The van der Waals surface area contributed by atoms with E-state index >= 15 is 0 Å². The second-order valence-corrected chi connectivity index (χ2v) is 14.3. The lowest BCUT2D eigenvalue weighted by molar-refractivity contribution is -0.415. The maximum atomic E-state index is 14.3. The van der Waals surface area contributed by atoms with Crippen LogP contribution in [-0.4, -0.2) is 36.6 Å². The fourth-order valence-electron chi connectivity index (χ4n) is 8.31. The van der Waals surface area contributed by atoms with E-state index in [1.165, 1.54) is 44.2 Å². The van der Waals surface area contributed by atoms with Crippen molar-refractivity contribution >= 4 is 41.4 Å². The number of hydrogen-bond donors (Lipinski definition) is 0. The van der Waals surface area contributed by atoms with E-state index in [-0.39, 0.29) is 61.4 Å². The first-order valence-electron chi connectivity index (χ1n) is 17.6. The van der Waals surface area contributed by atoms with Gasteiger partial charge in [0, 0.05) is 66.3 Å². The molecule has 0 N–H and O–H groups in total. The van der Waals surface area contributed by atoms with Crippen LogP contribution >= 0.6 is 11.6 Å². The molecule has 14 heteroatoms. The minimum Gasteiger partial charge on any atom is -0.456 e. The van der Waals surface area contributed by atoms with Gasteiger partial charge in [-0.25, -0.2) is 19.4 Å². The Bertz CT molecular complexity index is 2600. The number of benzene rings is 5. The summed E-state index contributed by atoms with van der Waals surface area (Å²) < 4.78 is 34.3. The lowest BCUT2D eigenvalue weighted by Crippen LogP contribution is -2.52. The first-order chi connectivity index (χ1) is 27.3. The fraction of sp³-hybridized carbons (Fsp3) is 0.186. The van der Waals surface area contributed by atoms with E-state index in [1.807, 2.05) is 55.5 Å². The molecule has 13 nitrogen and oxygen atoms in total. The molecule has 2 bridgehead atoms. The Morgan fingerprint density at radius 1 is 0.614 bits per heavy atom. The molecule has 5 aromatic carbocycles. The molecule has 4 aliphatic heterocycles. The van der Waals surface area contributed by atoms with Crippen molar-refractivity contribution in [2.45, 2.75) is 44.5 Å². The summed E-state index contributed by atoms with van der Waals surface area (Å²) in [5.74, 6) is -3.75. The van der Waals surface area contributed by atoms with E-state index in [9.17, 15) is 24.0 Å². The highest BCUT2D eigenvalue weighted by molar-refractivity contribution is 6.32. The molecule has 1 atom stereocenters. The van der Waals surface area contributed by atoms with Gasteiger partial charge in [0.25, 0.3) is 0 Å². The zero-order chi connectivity index (χ0) is 40.0. The van der Waals surface area contributed by atoms with Gasteiger partial charge in [0.05, 0.1) is 16.1 Å². The number of esters is 5. The molecule has 1 unspecified atom stereocenters.